The molecule has 1 aromatic heterocycles. The average Bonchev–Trinajstić information content (AvgIpc) is 3.40. The third kappa shape index (κ3) is 4.09. The average molecular weight is 452 g/mol. The van der Waals surface area contributed by atoms with Crippen LogP contribution in [-0.4, -0.2) is 27.3 Å². The van der Waals surface area contributed by atoms with E-state index in [4.69, 9.17) is 10.6 Å². The Bertz CT molecular complexity index is 948. The number of rotatable bonds is 7. The van der Waals surface area contributed by atoms with E-state index in [0.717, 1.165) is 55.0 Å². The zero-order valence-corrected chi connectivity index (χ0v) is 20.6. The number of unbranched alkanes of at least 4 members (excludes halogenated alkanes) is 1. The topological polar surface area (TPSA) is 78.3 Å². The molecule has 0 radical (unpaired) electrons. The van der Waals surface area contributed by atoms with Crippen molar-refractivity contribution in [2.45, 2.75) is 91.1 Å². The normalized spacial score (nSPS) is 36.8. The largest absolute Gasteiger partial charge is 0.396 e. The molecule has 0 amide bonds. The quantitative estimate of drug-likeness (QED) is 0.342. The molecule has 180 valence electrons. The summed E-state index contributed by atoms with van der Waals surface area (Å²) in [6.07, 6.45) is 16.4. The maximum absolute atomic E-state index is 5.71. The van der Waals surface area contributed by atoms with Gasteiger partial charge in [-0.25, -0.2) is 0 Å². The summed E-state index contributed by atoms with van der Waals surface area (Å²) >= 11 is 0. The van der Waals surface area contributed by atoms with Gasteiger partial charge < -0.3 is 10.6 Å². The highest BCUT2D eigenvalue weighted by Gasteiger charge is 2.57. The van der Waals surface area contributed by atoms with Crippen molar-refractivity contribution < 1.29 is 4.84 Å². The molecule has 3 fully saturated rings. The Morgan fingerprint density at radius 2 is 1.97 bits per heavy atom. The van der Waals surface area contributed by atoms with Crippen LogP contribution in [0.2, 0.25) is 0 Å². The minimum absolute atomic E-state index is 0.355. The van der Waals surface area contributed by atoms with Gasteiger partial charge in [-0.05, 0) is 98.9 Å². The number of aryl methyl sites for hydroxylation is 1. The predicted octanol–water partition coefficient (Wildman–Crippen LogP) is 5.41. The zero-order valence-electron chi connectivity index (χ0n) is 20.6. The van der Waals surface area contributed by atoms with Gasteiger partial charge in [0.2, 0.25) is 0 Å². The van der Waals surface area contributed by atoms with Crippen molar-refractivity contribution >= 4 is 5.71 Å². The molecule has 1 aromatic rings. The molecule has 0 aromatic carbocycles. The number of nitrogens with zero attached hydrogens (tertiary/aromatic N) is 4. The summed E-state index contributed by atoms with van der Waals surface area (Å²) in [7, 11) is 0. The molecule has 33 heavy (non-hydrogen) atoms. The Morgan fingerprint density at radius 1 is 1.12 bits per heavy atom. The third-order valence-corrected chi connectivity index (χ3v) is 9.78. The number of fused-ring (bicyclic) bond motifs is 5. The second kappa shape index (κ2) is 9.01. The summed E-state index contributed by atoms with van der Waals surface area (Å²) in [6, 6.07) is 0. The van der Waals surface area contributed by atoms with E-state index in [2.05, 4.69) is 42.0 Å². The zero-order chi connectivity index (χ0) is 23.1. The van der Waals surface area contributed by atoms with E-state index < -0.39 is 0 Å². The first-order chi connectivity index (χ1) is 15.9. The molecule has 6 heteroatoms. The fourth-order valence-electron chi connectivity index (χ4n) is 7.66. The van der Waals surface area contributed by atoms with E-state index >= 15 is 0 Å². The Kier molecular flexibility index (Phi) is 6.23. The summed E-state index contributed by atoms with van der Waals surface area (Å²) in [6.45, 7) is 11.5. The first kappa shape index (κ1) is 22.8. The lowest BCUT2D eigenvalue weighted by atomic mass is 9.47. The van der Waals surface area contributed by atoms with Crippen LogP contribution in [0.1, 0.15) is 83.7 Å². The maximum atomic E-state index is 5.71. The minimum atomic E-state index is 0.355. The van der Waals surface area contributed by atoms with Crippen LogP contribution >= 0.6 is 0 Å². The van der Waals surface area contributed by atoms with Crippen molar-refractivity contribution in [3.05, 3.63) is 35.7 Å². The lowest BCUT2D eigenvalue weighted by molar-refractivity contribution is -0.0226. The van der Waals surface area contributed by atoms with E-state index in [1.165, 1.54) is 50.5 Å². The molecule has 0 bridgehead atoms. The van der Waals surface area contributed by atoms with E-state index in [1.54, 1.807) is 5.57 Å². The highest BCUT2D eigenvalue weighted by atomic mass is 16.6. The lowest BCUT2D eigenvalue weighted by Gasteiger charge is -2.57. The van der Waals surface area contributed by atoms with Crippen LogP contribution in [0.3, 0.4) is 0 Å². The van der Waals surface area contributed by atoms with Crippen molar-refractivity contribution in [1.29, 1.82) is 0 Å². The lowest BCUT2D eigenvalue weighted by Crippen LogP contribution is -2.49. The molecule has 0 spiro atoms. The minimum Gasteiger partial charge on any atom is -0.396 e. The summed E-state index contributed by atoms with van der Waals surface area (Å²) in [5, 5.41) is 12.6. The van der Waals surface area contributed by atoms with Gasteiger partial charge >= 0.3 is 0 Å². The molecule has 5 rings (SSSR count). The Labute approximate surface area is 198 Å². The third-order valence-electron chi connectivity index (χ3n) is 9.78. The molecular formula is C27H41N5O. The first-order valence-electron chi connectivity index (χ1n) is 13.1. The van der Waals surface area contributed by atoms with Crippen LogP contribution in [0.5, 0.6) is 0 Å². The fraction of sp³-hybridized carbons (Fsp3) is 0.741. The Hall–Kier alpha value is -1.95. The van der Waals surface area contributed by atoms with E-state index in [1.807, 2.05) is 10.9 Å². The summed E-state index contributed by atoms with van der Waals surface area (Å²) in [5.41, 5.74) is 11.5. The monoisotopic (exact) mass is 451 g/mol. The fourth-order valence-corrected chi connectivity index (χ4v) is 7.66. The molecule has 0 aliphatic heterocycles. The second-order valence-corrected chi connectivity index (χ2v) is 11.4. The van der Waals surface area contributed by atoms with Crippen molar-refractivity contribution in [2.24, 2.45) is 39.5 Å². The van der Waals surface area contributed by atoms with Crippen molar-refractivity contribution in [2.75, 3.05) is 6.61 Å². The van der Waals surface area contributed by atoms with Crippen LogP contribution < -0.4 is 5.73 Å². The number of hydrogen-bond acceptors (Lipinski definition) is 5. The highest BCUT2D eigenvalue weighted by Crippen LogP contribution is 2.66. The Balaban J connectivity index is 1.15. The Morgan fingerprint density at radius 3 is 2.79 bits per heavy atom. The van der Waals surface area contributed by atoms with Gasteiger partial charge in [-0.3, -0.25) is 4.68 Å². The molecule has 4 aliphatic carbocycles. The molecule has 6 nitrogen and oxygen atoms in total. The molecule has 3 unspecified atom stereocenters. The van der Waals surface area contributed by atoms with Gasteiger partial charge in [0.05, 0.1) is 11.4 Å². The highest BCUT2D eigenvalue weighted by molar-refractivity contribution is 5.96. The van der Waals surface area contributed by atoms with Crippen LogP contribution in [0.4, 0.5) is 0 Å². The molecule has 5 atom stereocenters. The number of aromatic nitrogens is 3. The van der Waals surface area contributed by atoms with Gasteiger partial charge in [-0.15, -0.1) is 5.10 Å². The molecule has 0 saturated heterocycles. The summed E-state index contributed by atoms with van der Waals surface area (Å²) in [5.74, 6) is 2.58. The molecule has 1 heterocycles. The van der Waals surface area contributed by atoms with Gasteiger partial charge in [0.1, 0.15) is 6.61 Å². The van der Waals surface area contributed by atoms with Crippen LogP contribution in [0, 0.1) is 28.6 Å². The molecular weight excluding hydrogens is 410 g/mol. The van der Waals surface area contributed by atoms with Gasteiger partial charge in [0.25, 0.3) is 0 Å². The van der Waals surface area contributed by atoms with Crippen LogP contribution in [0.25, 0.3) is 0 Å². The van der Waals surface area contributed by atoms with Crippen molar-refractivity contribution in [3.8, 4) is 0 Å². The molecule has 4 aliphatic rings. The smallest absolute Gasteiger partial charge is 0.117 e. The van der Waals surface area contributed by atoms with E-state index in [0.29, 0.717) is 24.0 Å². The first-order valence-corrected chi connectivity index (χ1v) is 13.1. The number of oxime groups is 1. The number of hydrogen-bond donors (Lipinski definition) is 1. The van der Waals surface area contributed by atoms with Crippen LogP contribution in [-0.2, 0) is 17.9 Å². The predicted molar refractivity (Wildman–Crippen MR) is 131 cm³/mol. The number of nitrogens with two attached hydrogens (primary N) is 1. The van der Waals surface area contributed by atoms with Gasteiger partial charge in [-0.2, -0.15) is 0 Å². The maximum Gasteiger partial charge on any atom is 0.117 e. The number of allylic oxidation sites excluding steroid dienone is 3. The molecule has 2 N–H and O–H groups in total. The van der Waals surface area contributed by atoms with Gasteiger partial charge in [-0.1, -0.05) is 41.9 Å². The van der Waals surface area contributed by atoms with Crippen molar-refractivity contribution in [3.63, 3.8) is 0 Å². The second-order valence-electron chi connectivity index (χ2n) is 11.4. The van der Waals surface area contributed by atoms with Gasteiger partial charge in [0, 0.05) is 19.3 Å². The summed E-state index contributed by atoms with van der Waals surface area (Å²) < 4.78 is 1.85. The van der Waals surface area contributed by atoms with E-state index in [9.17, 15) is 0 Å². The van der Waals surface area contributed by atoms with Crippen LogP contribution in [0.15, 0.2) is 35.2 Å². The summed E-state index contributed by atoms with van der Waals surface area (Å²) in [4.78, 5) is 5.71. The van der Waals surface area contributed by atoms with E-state index in [-0.39, 0.29) is 0 Å². The SMILES string of the molecule is C=C1CCC2C3CCC4=CC(=NOCCCCn5cc(CN)nn5)CC[C@]4(C)C3CC[C@]12C. The van der Waals surface area contributed by atoms with Gasteiger partial charge in [0.15, 0.2) is 0 Å². The van der Waals surface area contributed by atoms with Crippen molar-refractivity contribution in [1.82, 2.24) is 15.0 Å². The standard InChI is InChI=1S/C27H41N5O/c1-19-6-9-24-23-8-7-20-16-21(10-12-27(20,3)25(23)11-13-26(19,24)2)30-33-15-5-4-14-32-18-22(17-28)29-31-32/h16,18,23-25H,1,4-15,17,28H2,2-3H3/t23?,24?,25?,26-,27+/m1/s1. The molecule has 3 saturated carbocycles.